The molecule has 1 aromatic heterocycles. The van der Waals surface area contributed by atoms with E-state index in [1.54, 1.807) is 18.3 Å². The summed E-state index contributed by atoms with van der Waals surface area (Å²) in [5, 5.41) is 14.6. The molecule has 0 radical (unpaired) electrons. The van der Waals surface area contributed by atoms with Crippen LogP contribution in [0.3, 0.4) is 0 Å². The summed E-state index contributed by atoms with van der Waals surface area (Å²) in [7, 11) is 1.53. The zero-order valence-electron chi connectivity index (χ0n) is 20.7. The monoisotopic (exact) mass is 545 g/mol. The highest BCUT2D eigenvalue weighted by Crippen LogP contribution is 2.38. The number of nitrogens with two attached hydrogens (primary N) is 1. The van der Waals surface area contributed by atoms with Crippen LogP contribution in [0.25, 0.3) is 22.0 Å². The van der Waals surface area contributed by atoms with Crippen LogP contribution in [0.1, 0.15) is 24.0 Å². The van der Waals surface area contributed by atoms with E-state index in [4.69, 9.17) is 33.7 Å². The van der Waals surface area contributed by atoms with Crippen LogP contribution in [0, 0.1) is 11.3 Å². The molecule has 0 bridgehead atoms. The van der Waals surface area contributed by atoms with Gasteiger partial charge in [-0.05, 0) is 48.2 Å². The Balaban J connectivity index is 1.44. The lowest BCUT2D eigenvalue weighted by atomic mass is 10.0. The maximum absolute atomic E-state index is 11.7. The Morgan fingerprint density at radius 2 is 1.92 bits per heavy atom. The second kappa shape index (κ2) is 10.9. The highest BCUT2D eigenvalue weighted by Gasteiger charge is 2.28. The molecule has 2 heterocycles. The zero-order chi connectivity index (χ0) is 26.8. The fourth-order valence-electron chi connectivity index (χ4n) is 4.88. The maximum atomic E-state index is 11.7. The van der Waals surface area contributed by atoms with Gasteiger partial charge in [-0.3, -0.25) is 14.7 Å². The predicted octanol–water partition coefficient (Wildman–Crippen LogP) is 6.28. The molecule has 1 fully saturated rings. The molecule has 1 aliphatic heterocycles. The summed E-state index contributed by atoms with van der Waals surface area (Å²) in [4.78, 5) is 18.4. The Morgan fingerprint density at radius 1 is 1.16 bits per heavy atom. The van der Waals surface area contributed by atoms with Gasteiger partial charge in [-0.1, -0.05) is 59.6 Å². The van der Waals surface area contributed by atoms with Gasteiger partial charge in [-0.15, -0.1) is 0 Å². The molecule has 192 valence electrons. The van der Waals surface area contributed by atoms with Crippen LogP contribution in [-0.4, -0.2) is 35.5 Å². The third-order valence-corrected chi connectivity index (χ3v) is 7.46. The zero-order valence-corrected chi connectivity index (χ0v) is 22.2. The van der Waals surface area contributed by atoms with Crippen LogP contribution in [0.5, 0.6) is 5.75 Å². The number of nitriles is 1. The summed E-state index contributed by atoms with van der Waals surface area (Å²) in [6, 6.07) is 19.5. The minimum Gasteiger partial charge on any atom is -0.495 e. The maximum Gasteiger partial charge on any atom is 0.234 e. The molecule has 5 rings (SSSR count). The number of anilines is 2. The average Bonchev–Trinajstić information content (AvgIpc) is 3.39. The number of ether oxygens (including phenoxy) is 1. The first kappa shape index (κ1) is 25.8. The van der Waals surface area contributed by atoms with Gasteiger partial charge in [0.2, 0.25) is 5.91 Å². The number of nitrogens with one attached hydrogen (secondary N) is 1. The van der Waals surface area contributed by atoms with Crippen LogP contribution in [0.4, 0.5) is 11.4 Å². The number of amides is 1. The molecular formula is C29H25Cl2N5O2. The number of nitrogens with zero attached hydrogens (tertiary/aromatic N) is 3. The van der Waals surface area contributed by atoms with Gasteiger partial charge in [0.25, 0.3) is 0 Å². The van der Waals surface area contributed by atoms with E-state index >= 15 is 0 Å². The van der Waals surface area contributed by atoms with Gasteiger partial charge in [0.05, 0.1) is 45.7 Å². The molecule has 38 heavy (non-hydrogen) atoms. The number of carbonyl (C=O) groups is 1. The van der Waals surface area contributed by atoms with Crippen LogP contribution in [-0.2, 0) is 11.3 Å². The van der Waals surface area contributed by atoms with Crippen molar-refractivity contribution in [2.45, 2.75) is 25.4 Å². The van der Waals surface area contributed by atoms with Gasteiger partial charge in [0.15, 0.2) is 0 Å². The van der Waals surface area contributed by atoms with Crippen molar-refractivity contribution in [3.63, 3.8) is 0 Å². The van der Waals surface area contributed by atoms with Crippen LogP contribution in [0.2, 0.25) is 10.0 Å². The normalized spacial score (nSPS) is 15.4. The molecule has 0 spiro atoms. The van der Waals surface area contributed by atoms with E-state index in [1.165, 1.54) is 7.11 Å². The number of halogens is 2. The molecule has 3 aromatic carbocycles. The quantitative estimate of drug-likeness (QED) is 0.283. The summed E-state index contributed by atoms with van der Waals surface area (Å²) >= 11 is 12.6. The topological polar surface area (TPSA) is 104 Å². The lowest BCUT2D eigenvalue weighted by Gasteiger charge is -2.21. The van der Waals surface area contributed by atoms with Crippen molar-refractivity contribution in [2.24, 2.45) is 5.73 Å². The third-order valence-electron chi connectivity index (χ3n) is 6.86. The summed E-state index contributed by atoms with van der Waals surface area (Å²) in [6.45, 7) is 1.57. The number of hydrogen-bond donors (Lipinski definition) is 2. The molecule has 0 aliphatic carbocycles. The van der Waals surface area contributed by atoms with E-state index in [1.807, 2.05) is 18.2 Å². The lowest BCUT2D eigenvalue weighted by molar-refractivity contribution is -0.122. The molecule has 0 saturated carbocycles. The van der Waals surface area contributed by atoms with Crippen molar-refractivity contribution in [3.8, 4) is 22.9 Å². The fraction of sp³-hybridized carbons (Fsp3) is 0.207. The van der Waals surface area contributed by atoms with Gasteiger partial charge in [0.1, 0.15) is 11.8 Å². The number of methoxy groups -OCH3 is 1. The number of aromatic nitrogens is 1. The molecule has 7 nitrogen and oxygen atoms in total. The van der Waals surface area contributed by atoms with Crippen molar-refractivity contribution in [2.75, 3.05) is 19.0 Å². The molecule has 0 unspecified atom stereocenters. The number of primary amides is 1. The molecule has 1 saturated heterocycles. The second-order valence-corrected chi connectivity index (χ2v) is 10.0. The molecule has 3 N–H and O–H groups in total. The largest absolute Gasteiger partial charge is 0.495 e. The second-order valence-electron chi connectivity index (χ2n) is 9.21. The highest BCUT2D eigenvalue weighted by molar-refractivity contribution is 6.37. The Kier molecular flexibility index (Phi) is 7.39. The predicted molar refractivity (Wildman–Crippen MR) is 151 cm³/mol. The SMILES string of the molecule is COc1cc(Nc2c(C#N)cnc3cc(-c4ccc(CN5CCC[C@@H]5C(N)=O)cc4)ccc23)c(Cl)cc1Cl. The van der Waals surface area contributed by atoms with Gasteiger partial charge >= 0.3 is 0 Å². The van der Waals surface area contributed by atoms with Crippen molar-refractivity contribution in [3.05, 3.63) is 82.0 Å². The molecule has 9 heteroatoms. The van der Waals surface area contributed by atoms with Gasteiger partial charge < -0.3 is 15.8 Å². The highest BCUT2D eigenvalue weighted by atomic mass is 35.5. The first-order valence-corrected chi connectivity index (χ1v) is 12.9. The van der Waals surface area contributed by atoms with Crippen molar-refractivity contribution < 1.29 is 9.53 Å². The van der Waals surface area contributed by atoms with Crippen LogP contribution < -0.4 is 15.8 Å². The van der Waals surface area contributed by atoms with Gasteiger partial charge in [-0.25, -0.2) is 0 Å². The minimum atomic E-state index is -0.256. The van der Waals surface area contributed by atoms with Crippen LogP contribution >= 0.6 is 23.2 Å². The van der Waals surface area contributed by atoms with Crippen molar-refractivity contribution in [1.82, 2.24) is 9.88 Å². The first-order chi connectivity index (χ1) is 18.4. The molecule has 1 aliphatic rings. The molecule has 1 atom stereocenters. The molecular weight excluding hydrogens is 521 g/mol. The summed E-state index contributed by atoms with van der Waals surface area (Å²) < 4.78 is 5.32. The average molecular weight is 546 g/mol. The van der Waals surface area contributed by atoms with Gasteiger partial charge in [-0.2, -0.15) is 5.26 Å². The number of benzene rings is 3. The summed E-state index contributed by atoms with van der Waals surface area (Å²) in [6.07, 6.45) is 3.35. The Bertz CT molecular complexity index is 1570. The number of carbonyl (C=O) groups excluding carboxylic acids is 1. The molecule has 1 amide bonds. The number of rotatable bonds is 7. The van der Waals surface area contributed by atoms with E-state index in [-0.39, 0.29) is 11.9 Å². The standard InChI is InChI=1S/C29H25Cl2N5O2/c1-38-27-13-25(22(30)12-23(27)31)35-28-20(14-32)15-34-24-11-19(8-9-21(24)28)18-6-4-17(5-7-18)16-36-10-2-3-26(36)29(33)37/h4-9,11-13,15,26H,2-3,10,16H2,1H3,(H2,33,37)(H,34,35)/t26-/m1/s1. The van der Waals surface area contributed by atoms with E-state index in [0.717, 1.165) is 47.0 Å². The fourth-order valence-corrected chi connectivity index (χ4v) is 5.39. The number of hydrogen-bond acceptors (Lipinski definition) is 6. The smallest absolute Gasteiger partial charge is 0.234 e. The third kappa shape index (κ3) is 5.11. The summed E-state index contributed by atoms with van der Waals surface area (Å²) in [5.41, 5.74) is 11.0. The molecule has 4 aromatic rings. The van der Waals surface area contributed by atoms with E-state index in [9.17, 15) is 10.1 Å². The van der Waals surface area contributed by atoms with Crippen LogP contribution in [0.15, 0.2) is 60.8 Å². The minimum absolute atomic E-state index is 0.189. The number of fused-ring (bicyclic) bond motifs is 1. The Morgan fingerprint density at radius 3 is 2.63 bits per heavy atom. The number of likely N-dealkylation sites (tertiary alicyclic amines) is 1. The Hall–Kier alpha value is -3.83. The van der Waals surface area contributed by atoms with Gasteiger partial charge in [0, 0.05) is 24.2 Å². The summed E-state index contributed by atoms with van der Waals surface area (Å²) in [5.74, 6) is 0.213. The van der Waals surface area contributed by atoms with Crippen molar-refractivity contribution >= 4 is 51.4 Å². The van der Waals surface area contributed by atoms with E-state index in [0.29, 0.717) is 39.3 Å². The van der Waals surface area contributed by atoms with E-state index < -0.39 is 0 Å². The van der Waals surface area contributed by atoms with E-state index in [2.05, 4.69) is 45.5 Å². The van der Waals surface area contributed by atoms with Crippen molar-refractivity contribution in [1.29, 1.82) is 5.26 Å². The lowest BCUT2D eigenvalue weighted by Crippen LogP contribution is -2.39. The first-order valence-electron chi connectivity index (χ1n) is 12.1. The number of pyridine rings is 1. The Labute approximate surface area is 230 Å².